The monoisotopic (exact) mass is 487 g/mol. The number of hydrogen-bond acceptors (Lipinski definition) is 5. The molecule has 1 saturated carbocycles. The van der Waals surface area contributed by atoms with Crippen molar-refractivity contribution >= 4 is 21.6 Å². The Hall–Kier alpha value is -3.40. The van der Waals surface area contributed by atoms with Crippen LogP contribution in [0.4, 0.5) is 13.2 Å². The van der Waals surface area contributed by atoms with Crippen molar-refractivity contribution in [2.75, 3.05) is 7.11 Å². The molecular weight excluding hydrogens is 467 g/mol. The smallest absolute Gasteiger partial charge is 0.431 e. The maximum Gasteiger partial charge on any atom is 0.431 e. The first-order chi connectivity index (χ1) is 16.2. The number of ether oxygens (including phenoxy) is 1. The quantitative estimate of drug-likeness (QED) is 0.425. The fourth-order valence-electron chi connectivity index (χ4n) is 4.09. The molecule has 0 amide bonds. The molecule has 1 N–H and O–H groups in total. The summed E-state index contributed by atoms with van der Waals surface area (Å²) in [6, 6.07) is 9.22. The molecule has 1 aliphatic rings. The molecule has 10 heteroatoms. The van der Waals surface area contributed by atoms with Crippen molar-refractivity contribution < 1.29 is 17.9 Å². The molecule has 0 radical (unpaired) electrons. The van der Waals surface area contributed by atoms with E-state index < -0.39 is 23.1 Å². The second-order valence-corrected chi connectivity index (χ2v) is 9.30. The molecule has 0 aliphatic heterocycles. The van der Waals surface area contributed by atoms with Crippen LogP contribution >= 0.6 is 11.5 Å². The number of halogens is 3. The van der Waals surface area contributed by atoms with Gasteiger partial charge in [0.25, 0.3) is 5.56 Å². The average Bonchev–Trinajstić information content (AvgIpc) is 3.50. The Bertz CT molecular complexity index is 1500. The highest BCUT2D eigenvalue weighted by Crippen LogP contribution is 2.40. The Kier molecular flexibility index (Phi) is 5.35. The lowest BCUT2D eigenvalue weighted by Gasteiger charge is -2.13. The maximum absolute atomic E-state index is 13.0. The van der Waals surface area contributed by atoms with E-state index in [0.717, 1.165) is 28.2 Å². The number of rotatable bonds is 5. The number of nitrogens with one attached hydrogen (secondary N) is 1. The molecule has 0 saturated heterocycles. The molecule has 2 heterocycles. The van der Waals surface area contributed by atoms with Gasteiger partial charge in [-0.05, 0) is 85.1 Å². The molecule has 6 nitrogen and oxygen atoms in total. The molecule has 2 aromatic heterocycles. The molecule has 34 heavy (non-hydrogen) atoms. The van der Waals surface area contributed by atoms with Gasteiger partial charge in [-0.25, -0.2) is 9.36 Å². The number of H-pyrrole nitrogens is 1. The van der Waals surface area contributed by atoms with Crippen LogP contribution in [0.3, 0.4) is 0 Å². The van der Waals surface area contributed by atoms with Crippen molar-refractivity contribution in [2.24, 2.45) is 5.92 Å². The van der Waals surface area contributed by atoms with E-state index in [-0.39, 0.29) is 5.69 Å². The van der Waals surface area contributed by atoms with Gasteiger partial charge in [0.2, 0.25) is 0 Å². The summed E-state index contributed by atoms with van der Waals surface area (Å²) < 4.78 is 50.6. The number of benzene rings is 2. The van der Waals surface area contributed by atoms with Crippen LogP contribution in [0.5, 0.6) is 5.75 Å². The molecule has 2 aromatic carbocycles. The van der Waals surface area contributed by atoms with Gasteiger partial charge in [0.05, 0.1) is 23.2 Å². The van der Waals surface area contributed by atoms with Crippen molar-refractivity contribution in [1.29, 1.82) is 0 Å². The molecule has 5 rings (SSSR count). The lowest BCUT2D eigenvalue weighted by atomic mass is 9.97. The number of aryl methyl sites for hydroxylation is 1. The highest BCUT2D eigenvalue weighted by molar-refractivity contribution is 7.13. The second-order valence-electron chi connectivity index (χ2n) is 8.50. The van der Waals surface area contributed by atoms with Gasteiger partial charge in [-0.2, -0.15) is 17.5 Å². The summed E-state index contributed by atoms with van der Waals surface area (Å²) in [4.78, 5) is 26.6. The van der Waals surface area contributed by atoms with Crippen LogP contribution in [0.15, 0.2) is 46.0 Å². The number of aromatic amines is 1. The third-order valence-electron chi connectivity index (χ3n) is 6.07. The van der Waals surface area contributed by atoms with E-state index in [9.17, 15) is 22.8 Å². The van der Waals surface area contributed by atoms with E-state index in [1.807, 2.05) is 19.1 Å². The zero-order valence-corrected chi connectivity index (χ0v) is 19.1. The van der Waals surface area contributed by atoms with Crippen LogP contribution in [0.1, 0.15) is 29.7 Å². The number of fused-ring (bicyclic) bond motifs is 1. The van der Waals surface area contributed by atoms with Gasteiger partial charge in [0.1, 0.15) is 11.4 Å². The number of nitrogens with zero attached hydrogens (tertiary/aromatic N) is 2. The van der Waals surface area contributed by atoms with Gasteiger partial charge in [-0.3, -0.25) is 4.79 Å². The van der Waals surface area contributed by atoms with Crippen molar-refractivity contribution in [3.8, 4) is 22.7 Å². The lowest BCUT2D eigenvalue weighted by Crippen LogP contribution is -2.35. The third-order valence-corrected chi connectivity index (χ3v) is 6.90. The fraction of sp³-hybridized carbons (Fsp3) is 0.292. The minimum atomic E-state index is -4.83. The van der Waals surface area contributed by atoms with Crippen molar-refractivity contribution in [1.82, 2.24) is 13.9 Å². The first kappa shape index (κ1) is 22.4. The number of alkyl halides is 3. The lowest BCUT2D eigenvalue weighted by molar-refractivity contribution is -0.141. The SMILES string of the molecule is COc1cc(CC2CC2)c(C)cc1-c1nsc2ccc(-n3c(=O)cc(C(F)(F)F)[nH]c3=O)cc12. The fourth-order valence-corrected chi connectivity index (χ4v) is 4.86. The van der Waals surface area contributed by atoms with Crippen molar-refractivity contribution in [3.63, 3.8) is 0 Å². The average molecular weight is 488 g/mol. The normalized spacial score (nSPS) is 14.0. The number of hydrogen-bond donors (Lipinski definition) is 1. The molecule has 0 atom stereocenters. The predicted molar refractivity (Wildman–Crippen MR) is 124 cm³/mol. The minimum Gasteiger partial charge on any atom is -0.496 e. The van der Waals surface area contributed by atoms with E-state index in [0.29, 0.717) is 27.5 Å². The highest BCUT2D eigenvalue weighted by atomic mass is 32.1. The zero-order chi connectivity index (χ0) is 24.2. The molecule has 1 fully saturated rings. The molecule has 4 aromatic rings. The van der Waals surface area contributed by atoms with Gasteiger partial charge >= 0.3 is 11.9 Å². The Labute approximate surface area is 195 Å². The van der Waals surface area contributed by atoms with E-state index in [2.05, 4.69) is 4.37 Å². The Morgan fingerprint density at radius 3 is 2.59 bits per heavy atom. The van der Waals surface area contributed by atoms with E-state index >= 15 is 0 Å². The van der Waals surface area contributed by atoms with Crippen LogP contribution in [0.2, 0.25) is 0 Å². The molecule has 0 unspecified atom stereocenters. The van der Waals surface area contributed by atoms with E-state index in [1.165, 1.54) is 36.0 Å². The Morgan fingerprint density at radius 2 is 1.94 bits per heavy atom. The van der Waals surface area contributed by atoms with Crippen LogP contribution in [-0.2, 0) is 12.6 Å². The summed E-state index contributed by atoms with van der Waals surface area (Å²) in [7, 11) is 1.59. The van der Waals surface area contributed by atoms with Crippen molar-refractivity contribution in [3.05, 3.63) is 74.1 Å². The molecule has 176 valence electrons. The van der Waals surface area contributed by atoms with Gasteiger partial charge in [-0.15, -0.1) is 0 Å². The summed E-state index contributed by atoms with van der Waals surface area (Å²) >= 11 is 1.25. The minimum absolute atomic E-state index is 0.148. The number of methoxy groups -OCH3 is 1. The highest BCUT2D eigenvalue weighted by Gasteiger charge is 2.33. The summed E-state index contributed by atoms with van der Waals surface area (Å²) in [6.07, 6.45) is -1.34. The van der Waals surface area contributed by atoms with E-state index in [4.69, 9.17) is 4.74 Å². The van der Waals surface area contributed by atoms with Crippen LogP contribution < -0.4 is 16.0 Å². The largest absolute Gasteiger partial charge is 0.496 e. The van der Waals surface area contributed by atoms with Crippen LogP contribution in [0.25, 0.3) is 27.0 Å². The molecule has 0 spiro atoms. The Balaban J connectivity index is 1.64. The zero-order valence-electron chi connectivity index (χ0n) is 18.3. The topological polar surface area (TPSA) is 77.0 Å². The van der Waals surface area contributed by atoms with Gasteiger partial charge in [0, 0.05) is 17.0 Å². The first-order valence-electron chi connectivity index (χ1n) is 10.7. The van der Waals surface area contributed by atoms with Gasteiger partial charge in [-0.1, -0.05) is 0 Å². The number of aromatic nitrogens is 3. The van der Waals surface area contributed by atoms with E-state index in [1.54, 1.807) is 24.2 Å². The van der Waals surface area contributed by atoms with Crippen molar-refractivity contribution in [2.45, 2.75) is 32.4 Å². The van der Waals surface area contributed by atoms with Gasteiger partial charge in [0.15, 0.2) is 0 Å². The predicted octanol–water partition coefficient (Wildman–Crippen LogP) is 5.09. The van der Waals surface area contributed by atoms with Gasteiger partial charge < -0.3 is 9.72 Å². The Morgan fingerprint density at radius 1 is 1.18 bits per heavy atom. The molecule has 0 bridgehead atoms. The maximum atomic E-state index is 13.0. The second kappa shape index (κ2) is 8.12. The van der Waals surface area contributed by atoms with Crippen LogP contribution in [0, 0.1) is 12.8 Å². The molecule has 1 aliphatic carbocycles. The summed E-state index contributed by atoms with van der Waals surface area (Å²) in [5, 5.41) is 0.668. The third kappa shape index (κ3) is 4.02. The summed E-state index contributed by atoms with van der Waals surface area (Å²) in [5.41, 5.74) is 0.272. The summed E-state index contributed by atoms with van der Waals surface area (Å²) in [6.45, 7) is 2.04. The molecular formula is C24H20F3N3O3S. The van der Waals surface area contributed by atoms with Crippen LogP contribution in [-0.4, -0.2) is 21.0 Å². The first-order valence-corrected chi connectivity index (χ1v) is 11.4. The summed E-state index contributed by atoms with van der Waals surface area (Å²) in [5.74, 6) is 1.39. The standard InChI is InChI=1S/C24H20F3N3O3S/c1-12-7-16(18(33-2)9-14(12)8-13-3-4-13)22-17-10-15(5-6-19(17)34-29-22)30-21(31)11-20(24(25,26)27)28-23(30)32/h5-7,9-11,13H,3-4,8H2,1-2H3,(H,28,32).